The summed E-state index contributed by atoms with van der Waals surface area (Å²) in [5.41, 5.74) is 1.67. The quantitative estimate of drug-likeness (QED) is 0.749. The number of fused-ring (bicyclic) bond motifs is 1. The van der Waals surface area contributed by atoms with Crippen molar-refractivity contribution in [1.29, 1.82) is 0 Å². The molecular weight excluding hydrogens is 360 g/mol. The van der Waals surface area contributed by atoms with Gasteiger partial charge in [-0.15, -0.1) is 0 Å². The van der Waals surface area contributed by atoms with Gasteiger partial charge in [0.25, 0.3) is 6.43 Å². The van der Waals surface area contributed by atoms with E-state index in [0.29, 0.717) is 24.1 Å². The maximum Gasteiger partial charge on any atom is 0.278 e. The minimum Gasteiger partial charge on any atom is -0.338 e. The zero-order valence-electron chi connectivity index (χ0n) is 13.8. The molecule has 26 heavy (non-hydrogen) atoms. The van der Waals surface area contributed by atoms with Crippen molar-refractivity contribution in [2.75, 3.05) is 13.1 Å². The highest BCUT2D eigenvalue weighted by molar-refractivity contribution is 7.89. The van der Waals surface area contributed by atoms with E-state index in [2.05, 4.69) is 9.97 Å². The normalized spacial score (nSPS) is 16.0. The molecule has 0 aliphatic carbocycles. The number of aromatic amines is 1. The molecule has 3 aromatic rings. The summed E-state index contributed by atoms with van der Waals surface area (Å²) in [4.78, 5) is 6.95. The van der Waals surface area contributed by atoms with Crippen LogP contribution in [0.2, 0.25) is 0 Å². The van der Waals surface area contributed by atoms with Gasteiger partial charge in [0.1, 0.15) is 5.65 Å². The van der Waals surface area contributed by atoms with Gasteiger partial charge in [0.05, 0.1) is 10.6 Å². The van der Waals surface area contributed by atoms with E-state index in [1.807, 2.05) is 0 Å². The molecule has 1 aliphatic rings. The fourth-order valence-corrected chi connectivity index (χ4v) is 4.82. The number of H-pyrrole nitrogens is 1. The van der Waals surface area contributed by atoms with Gasteiger partial charge in [0.2, 0.25) is 10.0 Å². The summed E-state index contributed by atoms with van der Waals surface area (Å²) in [6, 6.07) is 9.65. The number of halogens is 2. The second kappa shape index (κ2) is 6.44. The summed E-state index contributed by atoms with van der Waals surface area (Å²) in [6.45, 7) is 1.10. The summed E-state index contributed by atoms with van der Waals surface area (Å²) in [5, 5.41) is 0.581. The van der Waals surface area contributed by atoms with Crippen LogP contribution in [0.4, 0.5) is 8.78 Å². The number of alkyl halides is 2. The number of aromatic nitrogens is 2. The van der Waals surface area contributed by atoms with Crippen molar-refractivity contribution in [1.82, 2.24) is 14.3 Å². The standard InChI is InChI=1S/C18H17F2N3O2S/c19-17(20)16-11-15-14(7-8-21-18(15)22-16)12-3-5-13(6-4-12)26(24,25)23-9-1-2-10-23/h3-8,11,17H,1-2,9-10H2,(H,21,22). The molecule has 1 saturated heterocycles. The highest BCUT2D eigenvalue weighted by Crippen LogP contribution is 2.31. The largest absolute Gasteiger partial charge is 0.338 e. The van der Waals surface area contributed by atoms with Crippen LogP contribution in [0.3, 0.4) is 0 Å². The van der Waals surface area contributed by atoms with Crippen molar-refractivity contribution < 1.29 is 17.2 Å². The Kier molecular flexibility index (Phi) is 4.24. The third-order valence-electron chi connectivity index (χ3n) is 4.66. The molecule has 0 atom stereocenters. The van der Waals surface area contributed by atoms with Gasteiger partial charge >= 0.3 is 0 Å². The van der Waals surface area contributed by atoms with Crippen LogP contribution in [-0.2, 0) is 10.0 Å². The predicted octanol–water partition coefficient (Wildman–Crippen LogP) is 3.95. The van der Waals surface area contributed by atoms with E-state index in [4.69, 9.17) is 0 Å². The summed E-state index contributed by atoms with van der Waals surface area (Å²) >= 11 is 0. The van der Waals surface area contributed by atoms with E-state index in [1.54, 1.807) is 30.3 Å². The molecule has 1 aromatic carbocycles. The number of nitrogens with zero attached hydrogens (tertiary/aromatic N) is 2. The van der Waals surface area contributed by atoms with E-state index in [1.165, 1.54) is 16.6 Å². The molecule has 0 saturated carbocycles. The maximum atomic E-state index is 12.9. The van der Waals surface area contributed by atoms with Crippen molar-refractivity contribution in [2.24, 2.45) is 0 Å². The lowest BCUT2D eigenvalue weighted by Gasteiger charge is -2.15. The minimum atomic E-state index is -3.47. The highest BCUT2D eigenvalue weighted by Gasteiger charge is 2.27. The van der Waals surface area contributed by atoms with Crippen molar-refractivity contribution in [2.45, 2.75) is 24.2 Å². The molecule has 0 amide bonds. The Morgan fingerprint density at radius 1 is 1.08 bits per heavy atom. The molecular formula is C18H17F2N3O2S. The molecule has 0 unspecified atom stereocenters. The zero-order chi connectivity index (χ0) is 18.3. The van der Waals surface area contributed by atoms with Crippen LogP contribution in [0.5, 0.6) is 0 Å². The SMILES string of the molecule is O=S(=O)(c1ccc(-c2ccnc3[nH]c(C(F)F)cc23)cc1)N1CCCC1. The topological polar surface area (TPSA) is 66.1 Å². The second-order valence-corrected chi connectivity index (χ2v) is 8.22. The first kappa shape index (κ1) is 17.1. The van der Waals surface area contributed by atoms with E-state index >= 15 is 0 Å². The Morgan fingerprint density at radius 3 is 2.42 bits per heavy atom. The number of hydrogen-bond donors (Lipinski definition) is 1. The number of rotatable bonds is 4. The Hall–Kier alpha value is -2.32. The molecule has 4 rings (SSSR count). The molecule has 1 N–H and O–H groups in total. The monoisotopic (exact) mass is 377 g/mol. The van der Waals surface area contributed by atoms with Crippen LogP contribution in [0.1, 0.15) is 25.0 Å². The van der Waals surface area contributed by atoms with Crippen LogP contribution < -0.4 is 0 Å². The van der Waals surface area contributed by atoms with E-state index < -0.39 is 16.4 Å². The molecule has 136 valence electrons. The summed E-state index contributed by atoms with van der Waals surface area (Å²) < 4.78 is 52.6. The number of benzene rings is 1. The first-order chi connectivity index (χ1) is 12.5. The lowest BCUT2D eigenvalue weighted by Crippen LogP contribution is -2.27. The number of pyridine rings is 1. The second-order valence-electron chi connectivity index (χ2n) is 6.28. The highest BCUT2D eigenvalue weighted by atomic mass is 32.2. The van der Waals surface area contributed by atoms with Gasteiger partial charge in [-0.25, -0.2) is 22.2 Å². The summed E-state index contributed by atoms with van der Waals surface area (Å²) in [5.74, 6) is 0. The lowest BCUT2D eigenvalue weighted by molar-refractivity contribution is 0.147. The smallest absolute Gasteiger partial charge is 0.278 e. The number of nitrogens with one attached hydrogen (secondary N) is 1. The van der Waals surface area contributed by atoms with Gasteiger partial charge < -0.3 is 4.98 Å². The van der Waals surface area contributed by atoms with Gasteiger partial charge in [0.15, 0.2) is 0 Å². The third-order valence-corrected chi connectivity index (χ3v) is 6.57. The molecule has 1 aliphatic heterocycles. The molecule has 3 heterocycles. The van der Waals surface area contributed by atoms with Crippen molar-refractivity contribution in [3.05, 3.63) is 48.3 Å². The van der Waals surface area contributed by atoms with E-state index in [9.17, 15) is 17.2 Å². The van der Waals surface area contributed by atoms with Crippen molar-refractivity contribution >= 4 is 21.1 Å². The molecule has 0 spiro atoms. The fraction of sp³-hybridized carbons (Fsp3) is 0.278. The Labute approximate surface area is 149 Å². The van der Waals surface area contributed by atoms with Crippen LogP contribution >= 0.6 is 0 Å². The van der Waals surface area contributed by atoms with Gasteiger partial charge in [-0.1, -0.05) is 12.1 Å². The third kappa shape index (κ3) is 2.89. The predicted molar refractivity (Wildman–Crippen MR) is 94.5 cm³/mol. The fourth-order valence-electron chi connectivity index (χ4n) is 3.30. The number of sulfonamides is 1. The molecule has 1 fully saturated rings. The van der Waals surface area contributed by atoms with E-state index in [-0.39, 0.29) is 10.6 Å². The maximum absolute atomic E-state index is 12.9. The van der Waals surface area contributed by atoms with Gasteiger partial charge in [-0.05, 0) is 48.2 Å². The Morgan fingerprint density at radius 2 is 1.77 bits per heavy atom. The van der Waals surface area contributed by atoms with Crippen LogP contribution in [0, 0.1) is 0 Å². The van der Waals surface area contributed by atoms with Crippen LogP contribution in [0.15, 0.2) is 47.5 Å². The Bertz CT molecular complexity index is 1040. The first-order valence-electron chi connectivity index (χ1n) is 8.33. The van der Waals surface area contributed by atoms with Crippen LogP contribution in [-0.4, -0.2) is 35.8 Å². The minimum absolute atomic E-state index is 0.187. The van der Waals surface area contributed by atoms with E-state index in [0.717, 1.165) is 24.0 Å². The Balaban J connectivity index is 1.72. The average Bonchev–Trinajstić information content (AvgIpc) is 3.31. The molecule has 2 aromatic heterocycles. The van der Waals surface area contributed by atoms with Crippen molar-refractivity contribution in [3.63, 3.8) is 0 Å². The van der Waals surface area contributed by atoms with Crippen molar-refractivity contribution in [3.8, 4) is 11.1 Å². The van der Waals surface area contributed by atoms with Gasteiger partial charge in [0, 0.05) is 24.7 Å². The zero-order valence-corrected chi connectivity index (χ0v) is 14.6. The summed E-state index contributed by atoms with van der Waals surface area (Å²) in [6.07, 6.45) is 0.696. The molecule has 0 radical (unpaired) electrons. The molecule has 0 bridgehead atoms. The molecule has 5 nitrogen and oxygen atoms in total. The first-order valence-corrected chi connectivity index (χ1v) is 9.77. The van der Waals surface area contributed by atoms with Crippen LogP contribution in [0.25, 0.3) is 22.2 Å². The van der Waals surface area contributed by atoms with Gasteiger partial charge in [-0.3, -0.25) is 0 Å². The summed E-state index contributed by atoms with van der Waals surface area (Å²) in [7, 11) is -3.47. The van der Waals surface area contributed by atoms with Gasteiger partial charge in [-0.2, -0.15) is 4.31 Å². The number of hydrogen-bond acceptors (Lipinski definition) is 3. The molecule has 8 heteroatoms. The lowest BCUT2D eigenvalue weighted by atomic mass is 10.0. The average molecular weight is 377 g/mol.